The minimum atomic E-state index is -0.103. The zero-order chi connectivity index (χ0) is 16.2. The van der Waals surface area contributed by atoms with Crippen LogP contribution in [0.5, 0.6) is 0 Å². The molecule has 1 aliphatic carbocycles. The summed E-state index contributed by atoms with van der Waals surface area (Å²) in [4.78, 5) is 19.0. The number of ether oxygens (including phenoxy) is 1. The van der Waals surface area contributed by atoms with E-state index in [1.807, 2.05) is 0 Å². The van der Waals surface area contributed by atoms with Crippen LogP contribution in [0.4, 0.5) is 0 Å². The second kappa shape index (κ2) is 7.34. The van der Waals surface area contributed by atoms with E-state index in [4.69, 9.17) is 9.73 Å². The molecule has 0 amide bonds. The van der Waals surface area contributed by atoms with Gasteiger partial charge >= 0.3 is 5.97 Å². The molecule has 0 aromatic carbocycles. The average molecular weight is 309 g/mol. The number of carbonyl (C=O) groups excluding carboxylic acids is 1. The van der Waals surface area contributed by atoms with Gasteiger partial charge in [-0.15, -0.1) is 0 Å². The van der Waals surface area contributed by atoms with Crippen LogP contribution in [0, 0.1) is 17.3 Å². The normalized spacial score (nSPS) is 28.0. The van der Waals surface area contributed by atoms with Crippen molar-refractivity contribution < 1.29 is 9.53 Å². The number of methoxy groups -OCH3 is 1. The highest BCUT2D eigenvalue weighted by Gasteiger charge is 2.37. The van der Waals surface area contributed by atoms with Crippen molar-refractivity contribution >= 4 is 11.9 Å². The van der Waals surface area contributed by atoms with Gasteiger partial charge in [0.05, 0.1) is 13.0 Å². The number of rotatable bonds is 4. The van der Waals surface area contributed by atoms with Gasteiger partial charge in [-0.3, -0.25) is 9.79 Å². The van der Waals surface area contributed by atoms with E-state index in [-0.39, 0.29) is 11.9 Å². The average Bonchev–Trinajstić information content (AvgIpc) is 3.09. The first-order valence-corrected chi connectivity index (χ1v) is 8.60. The van der Waals surface area contributed by atoms with Gasteiger partial charge in [0.15, 0.2) is 5.96 Å². The fourth-order valence-corrected chi connectivity index (χ4v) is 3.68. The number of nitrogens with zero attached hydrogens (tertiary/aromatic N) is 2. The van der Waals surface area contributed by atoms with Gasteiger partial charge in [-0.25, -0.2) is 0 Å². The van der Waals surface area contributed by atoms with Crippen LogP contribution in [-0.4, -0.2) is 50.1 Å². The number of guanidine groups is 1. The highest BCUT2D eigenvalue weighted by Crippen LogP contribution is 2.37. The molecule has 1 heterocycles. The summed E-state index contributed by atoms with van der Waals surface area (Å²) in [5.74, 6) is 1.11. The van der Waals surface area contributed by atoms with Crippen molar-refractivity contribution in [2.45, 2.75) is 46.5 Å². The number of likely N-dealkylation sites (tertiary alicyclic amines) is 1. The maximum Gasteiger partial charge on any atom is 0.310 e. The van der Waals surface area contributed by atoms with Crippen LogP contribution in [0.25, 0.3) is 0 Å². The van der Waals surface area contributed by atoms with Gasteiger partial charge in [0.25, 0.3) is 0 Å². The molecule has 2 rings (SSSR count). The largest absolute Gasteiger partial charge is 0.469 e. The second-order valence-electron chi connectivity index (χ2n) is 7.20. The van der Waals surface area contributed by atoms with Crippen LogP contribution in [0.15, 0.2) is 4.99 Å². The monoisotopic (exact) mass is 309 g/mol. The molecule has 126 valence electrons. The number of esters is 1. The summed E-state index contributed by atoms with van der Waals surface area (Å²) in [5, 5.41) is 3.39. The smallest absolute Gasteiger partial charge is 0.310 e. The van der Waals surface area contributed by atoms with Crippen molar-refractivity contribution in [2.24, 2.45) is 22.2 Å². The molecule has 2 unspecified atom stereocenters. The van der Waals surface area contributed by atoms with Gasteiger partial charge in [0.2, 0.25) is 0 Å². The molecule has 0 aromatic rings. The van der Waals surface area contributed by atoms with E-state index in [0.29, 0.717) is 17.9 Å². The molecule has 2 fully saturated rings. The second-order valence-corrected chi connectivity index (χ2v) is 7.20. The van der Waals surface area contributed by atoms with Crippen molar-refractivity contribution in [2.75, 3.05) is 33.3 Å². The summed E-state index contributed by atoms with van der Waals surface area (Å²) >= 11 is 0. The van der Waals surface area contributed by atoms with E-state index in [0.717, 1.165) is 25.6 Å². The number of carbonyl (C=O) groups is 1. The van der Waals surface area contributed by atoms with Crippen molar-refractivity contribution in [1.29, 1.82) is 0 Å². The van der Waals surface area contributed by atoms with E-state index in [1.54, 1.807) is 0 Å². The number of hydrogen-bond acceptors (Lipinski definition) is 3. The predicted octanol–water partition coefficient (Wildman–Crippen LogP) is 2.27. The van der Waals surface area contributed by atoms with Crippen molar-refractivity contribution in [3.05, 3.63) is 0 Å². The lowest BCUT2D eigenvalue weighted by Crippen LogP contribution is -2.41. The fourth-order valence-electron chi connectivity index (χ4n) is 3.68. The van der Waals surface area contributed by atoms with Crippen LogP contribution in [0.3, 0.4) is 0 Å². The predicted molar refractivity (Wildman–Crippen MR) is 88.8 cm³/mol. The maximum atomic E-state index is 11.9. The molecule has 5 nitrogen and oxygen atoms in total. The number of nitrogens with one attached hydrogen (secondary N) is 1. The highest BCUT2D eigenvalue weighted by molar-refractivity contribution is 5.82. The lowest BCUT2D eigenvalue weighted by Gasteiger charge is -2.25. The van der Waals surface area contributed by atoms with Crippen molar-refractivity contribution in [3.8, 4) is 0 Å². The molecular weight excluding hydrogens is 278 g/mol. The Hall–Kier alpha value is -1.26. The van der Waals surface area contributed by atoms with Gasteiger partial charge in [0, 0.05) is 26.2 Å². The Kier molecular flexibility index (Phi) is 5.70. The van der Waals surface area contributed by atoms with Crippen LogP contribution >= 0.6 is 0 Å². The van der Waals surface area contributed by atoms with E-state index >= 15 is 0 Å². The van der Waals surface area contributed by atoms with Crippen LogP contribution in [-0.2, 0) is 9.53 Å². The molecule has 1 N–H and O–H groups in total. The Morgan fingerprint density at radius 1 is 1.36 bits per heavy atom. The first-order valence-electron chi connectivity index (χ1n) is 8.60. The summed E-state index contributed by atoms with van der Waals surface area (Å²) in [6.07, 6.45) is 5.20. The van der Waals surface area contributed by atoms with Crippen LogP contribution < -0.4 is 5.32 Å². The minimum Gasteiger partial charge on any atom is -0.469 e. The summed E-state index contributed by atoms with van der Waals surface area (Å²) < 4.78 is 4.92. The van der Waals surface area contributed by atoms with Crippen molar-refractivity contribution in [3.63, 3.8) is 0 Å². The molecule has 1 aliphatic heterocycles. The van der Waals surface area contributed by atoms with Gasteiger partial charge in [-0.2, -0.15) is 0 Å². The summed E-state index contributed by atoms with van der Waals surface area (Å²) in [6.45, 7) is 9.84. The molecule has 2 atom stereocenters. The SMILES string of the molecule is CCNC(=NCC1(C)CCCC1)N1CC(C)C(C(=O)OC)C1. The standard InChI is InChI=1S/C17H31N3O2/c1-5-18-16(19-12-17(3)8-6-7-9-17)20-10-13(2)14(11-20)15(21)22-4/h13-14H,5-12H2,1-4H3,(H,18,19). The lowest BCUT2D eigenvalue weighted by molar-refractivity contribution is -0.145. The fraction of sp³-hybridized carbons (Fsp3) is 0.882. The molecule has 1 saturated carbocycles. The Bertz CT molecular complexity index is 416. The Morgan fingerprint density at radius 2 is 2.05 bits per heavy atom. The molecule has 22 heavy (non-hydrogen) atoms. The molecule has 0 bridgehead atoms. The van der Waals surface area contributed by atoms with E-state index in [1.165, 1.54) is 32.8 Å². The molecule has 0 radical (unpaired) electrons. The van der Waals surface area contributed by atoms with Gasteiger partial charge in [0.1, 0.15) is 0 Å². The van der Waals surface area contributed by atoms with Crippen LogP contribution in [0.1, 0.15) is 46.5 Å². The molecule has 2 aliphatic rings. The topological polar surface area (TPSA) is 53.9 Å². The molecule has 5 heteroatoms. The van der Waals surface area contributed by atoms with E-state index in [2.05, 4.69) is 31.0 Å². The summed E-state index contributed by atoms with van der Waals surface area (Å²) in [5.41, 5.74) is 0.355. The van der Waals surface area contributed by atoms with Gasteiger partial charge < -0.3 is 15.0 Å². The third-order valence-electron chi connectivity index (χ3n) is 5.17. The Labute approximate surface area is 134 Å². The zero-order valence-electron chi connectivity index (χ0n) is 14.5. The first kappa shape index (κ1) is 17.1. The van der Waals surface area contributed by atoms with Gasteiger partial charge in [-0.1, -0.05) is 26.7 Å². The first-order chi connectivity index (χ1) is 10.5. The third kappa shape index (κ3) is 3.93. The maximum absolute atomic E-state index is 11.9. The van der Waals surface area contributed by atoms with Crippen molar-refractivity contribution in [1.82, 2.24) is 10.2 Å². The zero-order valence-corrected chi connectivity index (χ0v) is 14.5. The number of hydrogen-bond donors (Lipinski definition) is 1. The quantitative estimate of drug-likeness (QED) is 0.492. The van der Waals surface area contributed by atoms with E-state index < -0.39 is 0 Å². The highest BCUT2D eigenvalue weighted by atomic mass is 16.5. The van der Waals surface area contributed by atoms with E-state index in [9.17, 15) is 4.79 Å². The molecular formula is C17H31N3O2. The third-order valence-corrected chi connectivity index (χ3v) is 5.17. The van der Waals surface area contributed by atoms with Gasteiger partial charge in [-0.05, 0) is 31.1 Å². The molecule has 1 saturated heterocycles. The van der Waals surface area contributed by atoms with Crippen LogP contribution in [0.2, 0.25) is 0 Å². The lowest BCUT2D eigenvalue weighted by atomic mass is 9.89. The molecule has 0 aromatic heterocycles. The number of aliphatic imine (C=N–C) groups is 1. The Morgan fingerprint density at radius 3 is 2.64 bits per heavy atom. The Balaban J connectivity index is 2.03. The summed E-state index contributed by atoms with van der Waals surface area (Å²) in [6, 6.07) is 0. The minimum absolute atomic E-state index is 0.0454. The summed E-state index contributed by atoms with van der Waals surface area (Å²) in [7, 11) is 1.47. The molecule has 0 spiro atoms.